The molecule has 0 atom stereocenters. The lowest BCUT2D eigenvalue weighted by molar-refractivity contribution is 0.367. The standard InChI is InChI=1S/C11H10BrNO/c12-7-3-5-10-4-1-2-6-11(10)14-9-8-13/h1-6H,7,9H2. The van der Waals surface area contributed by atoms with E-state index in [4.69, 9.17) is 10.00 Å². The number of para-hydroxylation sites is 1. The number of halogens is 1. The van der Waals surface area contributed by atoms with Crippen LogP contribution in [0.5, 0.6) is 5.75 Å². The summed E-state index contributed by atoms with van der Waals surface area (Å²) in [5.41, 5.74) is 0.988. The van der Waals surface area contributed by atoms with Crippen LogP contribution in [0.15, 0.2) is 30.3 Å². The van der Waals surface area contributed by atoms with E-state index in [9.17, 15) is 0 Å². The maximum atomic E-state index is 8.39. The topological polar surface area (TPSA) is 33.0 Å². The Morgan fingerprint density at radius 3 is 2.93 bits per heavy atom. The van der Waals surface area contributed by atoms with E-state index < -0.39 is 0 Å². The van der Waals surface area contributed by atoms with Gasteiger partial charge in [0.15, 0.2) is 6.61 Å². The number of rotatable bonds is 4. The molecule has 0 heterocycles. The van der Waals surface area contributed by atoms with Crippen LogP contribution in [0.25, 0.3) is 6.08 Å². The van der Waals surface area contributed by atoms with Crippen LogP contribution in [-0.4, -0.2) is 11.9 Å². The van der Waals surface area contributed by atoms with E-state index in [0.29, 0.717) is 0 Å². The molecule has 0 bridgehead atoms. The van der Waals surface area contributed by atoms with E-state index in [1.54, 1.807) is 0 Å². The summed E-state index contributed by atoms with van der Waals surface area (Å²) >= 11 is 3.30. The van der Waals surface area contributed by atoms with E-state index in [1.807, 2.05) is 42.5 Å². The van der Waals surface area contributed by atoms with E-state index in [-0.39, 0.29) is 6.61 Å². The van der Waals surface area contributed by atoms with Crippen LogP contribution >= 0.6 is 15.9 Å². The van der Waals surface area contributed by atoms with Crippen molar-refractivity contribution in [1.82, 2.24) is 0 Å². The third kappa shape index (κ3) is 3.23. The third-order valence-corrected chi connectivity index (χ3v) is 1.97. The molecule has 0 unspecified atom stereocenters. The number of hydrogen-bond donors (Lipinski definition) is 0. The normalized spacial score (nSPS) is 10.0. The van der Waals surface area contributed by atoms with E-state index in [1.165, 1.54) is 0 Å². The molecule has 0 N–H and O–H groups in total. The van der Waals surface area contributed by atoms with Gasteiger partial charge in [-0.25, -0.2) is 0 Å². The van der Waals surface area contributed by atoms with E-state index in [2.05, 4.69) is 15.9 Å². The molecule has 1 rings (SSSR count). The van der Waals surface area contributed by atoms with Crippen molar-refractivity contribution in [3.05, 3.63) is 35.9 Å². The lowest BCUT2D eigenvalue weighted by atomic mass is 10.2. The van der Waals surface area contributed by atoms with Crippen LogP contribution in [0, 0.1) is 11.3 Å². The van der Waals surface area contributed by atoms with Gasteiger partial charge >= 0.3 is 0 Å². The monoisotopic (exact) mass is 251 g/mol. The van der Waals surface area contributed by atoms with Crippen molar-refractivity contribution >= 4 is 22.0 Å². The van der Waals surface area contributed by atoms with Gasteiger partial charge in [0.1, 0.15) is 11.8 Å². The molecular formula is C11H10BrNO. The number of benzene rings is 1. The molecule has 0 fully saturated rings. The maximum Gasteiger partial charge on any atom is 0.174 e. The highest BCUT2D eigenvalue weighted by molar-refractivity contribution is 9.09. The molecule has 0 saturated carbocycles. The summed E-state index contributed by atoms with van der Waals surface area (Å²) in [5, 5.41) is 9.20. The minimum Gasteiger partial charge on any atom is -0.478 e. The van der Waals surface area contributed by atoms with Crippen molar-refractivity contribution in [2.45, 2.75) is 0 Å². The molecule has 1 aromatic rings. The first kappa shape index (κ1) is 10.8. The lowest BCUT2D eigenvalue weighted by Crippen LogP contribution is -1.94. The van der Waals surface area contributed by atoms with Gasteiger partial charge < -0.3 is 4.74 Å². The average Bonchev–Trinajstić information content (AvgIpc) is 2.24. The molecule has 0 radical (unpaired) electrons. The predicted octanol–water partition coefficient (Wildman–Crippen LogP) is 3.00. The number of nitriles is 1. The van der Waals surface area contributed by atoms with Crippen molar-refractivity contribution in [3.63, 3.8) is 0 Å². The fourth-order valence-corrected chi connectivity index (χ4v) is 1.22. The second kappa shape index (κ2) is 6.22. The first-order chi connectivity index (χ1) is 6.88. The molecule has 0 saturated heterocycles. The minimum absolute atomic E-state index is 0.0825. The van der Waals surface area contributed by atoms with E-state index >= 15 is 0 Å². The predicted molar refractivity (Wildman–Crippen MR) is 60.4 cm³/mol. The van der Waals surface area contributed by atoms with Gasteiger partial charge in [0, 0.05) is 10.9 Å². The van der Waals surface area contributed by atoms with Crippen LogP contribution in [0.1, 0.15) is 5.56 Å². The van der Waals surface area contributed by atoms with Crippen molar-refractivity contribution in [2.75, 3.05) is 11.9 Å². The van der Waals surface area contributed by atoms with Crippen LogP contribution in [0.4, 0.5) is 0 Å². The fraction of sp³-hybridized carbons (Fsp3) is 0.182. The summed E-state index contributed by atoms with van der Waals surface area (Å²) in [5.74, 6) is 0.742. The Balaban J connectivity index is 2.81. The molecule has 2 nitrogen and oxygen atoms in total. The Bertz CT molecular complexity index is 355. The zero-order valence-corrected chi connectivity index (χ0v) is 9.20. The zero-order valence-electron chi connectivity index (χ0n) is 7.61. The molecule has 0 amide bonds. The minimum atomic E-state index is 0.0825. The van der Waals surface area contributed by atoms with E-state index in [0.717, 1.165) is 16.6 Å². The van der Waals surface area contributed by atoms with Crippen molar-refractivity contribution in [2.24, 2.45) is 0 Å². The van der Waals surface area contributed by atoms with Gasteiger partial charge in [-0.3, -0.25) is 0 Å². The molecule has 0 aliphatic heterocycles. The van der Waals surface area contributed by atoms with Crippen LogP contribution < -0.4 is 4.74 Å². The van der Waals surface area contributed by atoms with Gasteiger partial charge in [-0.05, 0) is 6.07 Å². The zero-order chi connectivity index (χ0) is 10.2. The van der Waals surface area contributed by atoms with Crippen LogP contribution in [0.2, 0.25) is 0 Å². The Hall–Kier alpha value is -1.27. The first-order valence-corrected chi connectivity index (χ1v) is 5.32. The molecule has 1 aromatic carbocycles. The summed E-state index contributed by atoms with van der Waals surface area (Å²) in [4.78, 5) is 0. The second-order valence-electron chi connectivity index (χ2n) is 2.54. The molecule has 72 valence electrons. The number of ether oxygens (including phenoxy) is 1. The molecular weight excluding hydrogens is 242 g/mol. The average molecular weight is 252 g/mol. The molecule has 0 aliphatic carbocycles. The number of allylic oxidation sites excluding steroid dienone is 1. The van der Waals surface area contributed by atoms with Gasteiger partial charge in [-0.15, -0.1) is 0 Å². The first-order valence-electron chi connectivity index (χ1n) is 4.19. The van der Waals surface area contributed by atoms with Crippen LogP contribution in [-0.2, 0) is 0 Å². The Morgan fingerprint density at radius 2 is 2.21 bits per heavy atom. The summed E-state index contributed by atoms with van der Waals surface area (Å²) in [6.45, 7) is 0.0825. The smallest absolute Gasteiger partial charge is 0.174 e. The molecule has 0 aromatic heterocycles. The van der Waals surface area contributed by atoms with Gasteiger partial charge in [-0.2, -0.15) is 5.26 Å². The van der Waals surface area contributed by atoms with Gasteiger partial charge in [0.2, 0.25) is 0 Å². The van der Waals surface area contributed by atoms with Crippen molar-refractivity contribution in [1.29, 1.82) is 5.26 Å². The highest BCUT2D eigenvalue weighted by Crippen LogP contribution is 2.19. The van der Waals surface area contributed by atoms with Gasteiger partial charge in [0.25, 0.3) is 0 Å². The van der Waals surface area contributed by atoms with Gasteiger partial charge in [0.05, 0.1) is 0 Å². The molecule has 3 heteroatoms. The Labute approximate surface area is 91.9 Å². The van der Waals surface area contributed by atoms with Gasteiger partial charge in [-0.1, -0.05) is 46.3 Å². The summed E-state index contributed by atoms with van der Waals surface area (Å²) < 4.78 is 5.26. The summed E-state index contributed by atoms with van der Waals surface area (Å²) in [6, 6.07) is 9.57. The second-order valence-corrected chi connectivity index (χ2v) is 3.19. The van der Waals surface area contributed by atoms with Crippen molar-refractivity contribution < 1.29 is 4.74 Å². The highest BCUT2D eigenvalue weighted by Gasteiger charge is 1.97. The SMILES string of the molecule is N#CCOc1ccccc1C=CCBr. The quantitative estimate of drug-likeness (QED) is 0.771. The molecule has 0 spiro atoms. The molecule has 14 heavy (non-hydrogen) atoms. The van der Waals surface area contributed by atoms with Crippen molar-refractivity contribution in [3.8, 4) is 11.8 Å². The number of hydrogen-bond acceptors (Lipinski definition) is 2. The highest BCUT2D eigenvalue weighted by atomic mass is 79.9. The fourth-order valence-electron chi connectivity index (χ4n) is 1.03. The maximum absolute atomic E-state index is 8.39. The third-order valence-electron chi connectivity index (χ3n) is 1.60. The summed E-state index contributed by atoms with van der Waals surface area (Å²) in [7, 11) is 0. The molecule has 0 aliphatic rings. The Morgan fingerprint density at radius 1 is 1.43 bits per heavy atom. The van der Waals surface area contributed by atoms with Crippen LogP contribution in [0.3, 0.4) is 0 Å². The summed E-state index contributed by atoms with van der Waals surface area (Å²) in [6.07, 6.45) is 3.94. The lowest BCUT2D eigenvalue weighted by Gasteiger charge is -2.04. The number of alkyl halides is 1. The largest absolute Gasteiger partial charge is 0.478 e. The Kier molecular flexibility index (Phi) is 4.81. The number of nitrogens with zero attached hydrogens (tertiary/aromatic N) is 1.